The Kier molecular flexibility index (Phi) is 6.56. The summed E-state index contributed by atoms with van der Waals surface area (Å²) in [4.78, 5) is 11.8. The molecule has 0 fully saturated rings. The van der Waals surface area contributed by atoms with Crippen LogP contribution in [0.15, 0.2) is 0 Å². The Balaban J connectivity index is 4.15. The molecule has 0 aromatic rings. The average Bonchev–Trinajstić information content (AvgIpc) is 2.12. The van der Waals surface area contributed by atoms with E-state index in [9.17, 15) is 4.79 Å². The average molecular weight is 271 g/mol. The maximum atomic E-state index is 11.8. The zero-order valence-corrected chi connectivity index (χ0v) is 13.6. The van der Waals surface area contributed by atoms with Crippen molar-refractivity contribution in [1.29, 1.82) is 0 Å². The molecule has 0 bridgehead atoms. The first-order valence-corrected chi connectivity index (χ1v) is 6.87. The lowest BCUT2D eigenvalue weighted by Crippen LogP contribution is -2.32. The fourth-order valence-corrected chi connectivity index (χ4v) is 1.48. The molecule has 0 aromatic carbocycles. The van der Waals surface area contributed by atoms with Gasteiger partial charge in [-0.1, -0.05) is 20.8 Å². The molecule has 0 aliphatic heterocycles. The van der Waals surface area contributed by atoms with E-state index in [0.717, 1.165) is 0 Å². The van der Waals surface area contributed by atoms with Gasteiger partial charge in [-0.25, -0.2) is 0 Å². The highest BCUT2D eigenvalue weighted by molar-refractivity contribution is 6.15. The monoisotopic (exact) mass is 271 g/mol. The lowest BCUT2D eigenvalue weighted by molar-refractivity contribution is -0.158. The van der Waals surface area contributed by atoms with Gasteiger partial charge in [0, 0.05) is 6.61 Å². The Morgan fingerprint density at radius 2 is 1.63 bits per heavy atom. The largest absolute Gasteiger partial charge is 0.460 e. The molecule has 0 aliphatic rings. The highest BCUT2D eigenvalue weighted by Crippen LogP contribution is 2.25. The Morgan fingerprint density at radius 3 is 2.05 bits per heavy atom. The highest BCUT2D eigenvalue weighted by atomic mass is 16.6. The molecule has 0 aromatic heterocycles. The molecule has 1 atom stereocenters. The van der Waals surface area contributed by atoms with Crippen LogP contribution in [0, 0.1) is 5.41 Å². The SMILES string of the molecule is BC(C)(CN)COCC(C)(C)CC(=O)OC(C)(C)C. The topological polar surface area (TPSA) is 61.5 Å². The molecule has 0 heterocycles. The third kappa shape index (κ3) is 9.96. The minimum atomic E-state index is -0.435. The van der Waals surface area contributed by atoms with E-state index >= 15 is 0 Å². The molecule has 0 saturated carbocycles. The summed E-state index contributed by atoms with van der Waals surface area (Å²) in [5.74, 6) is -0.181. The molecule has 112 valence electrons. The fourth-order valence-electron chi connectivity index (χ4n) is 1.48. The minimum absolute atomic E-state index is 0.0258. The standard InChI is InChI=1S/C14H30BNO3/c1-12(2,3)19-11(17)7-13(4,5)9-18-10-14(6,15)8-16/h7-10,15-16H2,1-6H3. The molecule has 5 heteroatoms. The van der Waals surface area contributed by atoms with E-state index in [1.54, 1.807) is 0 Å². The van der Waals surface area contributed by atoms with Crippen molar-refractivity contribution >= 4 is 13.8 Å². The predicted octanol–water partition coefficient (Wildman–Crippen LogP) is 1.53. The van der Waals surface area contributed by atoms with E-state index in [-0.39, 0.29) is 16.7 Å². The molecule has 2 N–H and O–H groups in total. The van der Waals surface area contributed by atoms with Gasteiger partial charge in [-0.05, 0) is 38.0 Å². The number of carbonyl (C=O) groups is 1. The third-order valence-electron chi connectivity index (χ3n) is 2.58. The number of carbonyl (C=O) groups excluding carboxylic acids is 1. The normalized spacial score (nSPS) is 15.9. The van der Waals surface area contributed by atoms with Crippen LogP contribution in [0.1, 0.15) is 48.0 Å². The van der Waals surface area contributed by atoms with Gasteiger partial charge in [-0.2, -0.15) is 0 Å². The fraction of sp³-hybridized carbons (Fsp3) is 0.929. The Labute approximate surface area is 118 Å². The second kappa shape index (κ2) is 6.75. The van der Waals surface area contributed by atoms with Gasteiger partial charge in [0.2, 0.25) is 0 Å². The number of esters is 1. The smallest absolute Gasteiger partial charge is 0.306 e. The number of hydrogen-bond acceptors (Lipinski definition) is 4. The molecule has 0 radical (unpaired) electrons. The van der Waals surface area contributed by atoms with Crippen molar-refractivity contribution in [2.24, 2.45) is 11.1 Å². The molecule has 19 heavy (non-hydrogen) atoms. The molecule has 1 unspecified atom stereocenters. The lowest BCUT2D eigenvalue weighted by atomic mass is 9.71. The summed E-state index contributed by atoms with van der Waals surface area (Å²) in [6, 6.07) is 0. The third-order valence-corrected chi connectivity index (χ3v) is 2.58. The van der Waals surface area contributed by atoms with Gasteiger partial charge in [-0.3, -0.25) is 4.79 Å². The van der Waals surface area contributed by atoms with Crippen LogP contribution in [0.25, 0.3) is 0 Å². The maximum Gasteiger partial charge on any atom is 0.306 e. The minimum Gasteiger partial charge on any atom is -0.460 e. The summed E-state index contributed by atoms with van der Waals surface area (Å²) in [6.45, 7) is 13.4. The van der Waals surface area contributed by atoms with E-state index in [0.29, 0.717) is 26.2 Å². The second-order valence-corrected chi connectivity index (χ2v) is 7.79. The van der Waals surface area contributed by atoms with Crippen LogP contribution in [-0.2, 0) is 14.3 Å². The number of ether oxygens (including phenoxy) is 2. The summed E-state index contributed by atoms with van der Waals surface area (Å²) in [7, 11) is 2.06. The van der Waals surface area contributed by atoms with E-state index in [1.165, 1.54) is 0 Å². The molecule has 0 spiro atoms. The van der Waals surface area contributed by atoms with Crippen molar-refractivity contribution in [2.75, 3.05) is 19.8 Å². The van der Waals surface area contributed by atoms with Gasteiger partial charge in [0.05, 0.1) is 13.0 Å². The molecular weight excluding hydrogens is 241 g/mol. The Hall–Kier alpha value is -0.545. The summed E-state index contributed by atoms with van der Waals surface area (Å²) in [5, 5.41) is -0.0258. The van der Waals surface area contributed by atoms with Gasteiger partial charge >= 0.3 is 5.97 Å². The van der Waals surface area contributed by atoms with E-state index in [1.807, 2.05) is 34.6 Å². The molecule has 4 nitrogen and oxygen atoms in total. The second-order valence-electron chi connectivity index (χ2n) is 7.79. The summed E-state index contributed by atoms with van der Waals surface area (Å²) in [5.41, 5.74) is 4.99. The van der Waals surface area contributed by atoms with Crippen LogP contribution < -0.4 is 5.73 Å². The number of nitrogens with two attached hydrogens (primary N) is 1. The first kappa shape index (κ1) is 18.5. The van der Waals surface area contributed by atoms with E-state index in [4.69, 9.17) is 15.2 Å². The van der Waals surface area contributed by atoms with Gasteiger partial charge in [0.1, 0.15) is 13.4 Å². The molecular formula is C14H30BNO3. The van der Waals surface area contributed by atoms with Crippen molar-refractivity contribution < 1.29 is 14.3 Å². The zero-order chi connectivity index (χ0) is 15.3. The summed E-state index contributed by atoms with van der Waals surface area (Å²) < 4.78 is 11.0. The summed E-state index contributed by atoms with van der Waals surface area (Å²) >= 11 is 0. The van der Waals surface area contributed by atoms with Crippen LogP contribution in [0.4, 0.5) is 0 Å². The van der Waals surface area contributed by atoms with E-state index in [2.05, 4.69) is 14.8 Å². The predicted molar refractivity (Wildman–Crippen MR) is 81.0 cm³/mol. The quantitative estimate of drug-likeness (QED) is 0.563. The number of rotatable bonds is 7. The molecule has 0 saturated heterocycles. The van der Waals surface area contributed by atoms with Gasteiger partial charge in [0.25, 0.3) is 0 Å². The highest BCUT2D eigenvalue weighted by Gasteiger charge is 2.27. The number of hydrogen-bond donors (Lipinski definition) is 1. The van der Waals surface area contributed by atoms with E-state index < -0.39 is 5.60 Å². The summed E-state index contributed by atoms with van der Waals surface area (Å²) in [6.07, 6.45) is 0.354. The van der Waals surface area contributed by atoms with Crippen LogP contribution in [0.3, 0.4) is 0 Å². The van der Waals surface area contributed by atoms with Gasteiger partial charge in [0.15, 0.2) is 0 Å². The first-order valence-electron chi connectivity index (χ1n) is 6.87. The van der Waals surface area contributed by atoms with Gasteiger partial charge < -0.3 is 15.2 Å². The van der Waals surface area contributed by atoms with Crippen LogP contribution in [0.2, 0.25) is 5.31 Å². The van der Waals surface area contributed by atoms with Crippen LogP contribution in [-0.4, -0.2) is 39.2 Å². The van der Waals surface area contributed by atoms with Crippen molar-refractivity contribution in [3.05, 3.63) is 0 Å². The zero-order valence-electron chi connectivity index (χ0n) is 13.6. The Morgan fingerprint density at radius 1 is 1.11 bits per heavy atom. The molecule has 0 rings (SSSR count). The molecule has 0 amide bonds. The first-order chi connectivity index (χ1) is 8.37. The van der Waals surface area contributed by atoms with Crippen molar-refractivity contribution in [3.63, 3.8) is 0 Å². The lowest BCUT2D eigenvalue weighted by Gasteiger charge is -2.29. The molecule has 0 aliphatic carbocycles. The van der Waals surface area contributed by atoms with Crippen molar-refractivity contribution in [2.45, 2.75) is 58.9 Å². The van der Waals surface area contributed by atoms with Crippen LogP contribution in [0.5, 0.6) is 0 Å². The van der Waals surface area contributed by atoms with Gasteiger partial charge in [-0.15, -0.1) is 0 Å². The van der Waals surface area contributed by atoms with Crippen molar-refractivity contribution in [3.8, 4) is 0 Å². The van der Waals surface area contributed by atoms with Crippen LogP contribution >= 0.6 is 0 Å². The maximum absolute atomic E-state index is 11.8. The van der Waals surface area contributed by atoms with Crippen molar-refractivity contribution in [1.82, 2.24) is 0 Å². The Bertz CT molecular complexity index is 296.